The average molecular weight is 284 g/mol. The first kappa shape index (κ1) is 15.7. The Labute approximate surface area is 120 Å². The van der Waals surface area contributed by atoms with Crippen LogP contribution in [0.25, 0.3) is 0 Å². The third kappa shape index (κ3) is 3.58. The van der Waals surface area contributed by atoms with Crippen LogP contribution in [0.1, 0.15) is 29.4 Å². The van der Waals surface area contributed by atoms with E-state index in [0.29, 0.717) is 0 Å². The molecule has 2 aromatic heterocycles. The summed E-state index contributed by atoms with van der Waals surface area (Å²) >= 11 is 0. The van der Waals surface area contributed by atoms with Gasteiger partial charge in [-0.1, -0.05) is 0 Å². The van der Waals surface area contributed by atoms with E-state index in [2.05, 4.69) is 42.5 Å². The molecule has 0 aliphatic carbocycles. The summed E-state index contributed by atoms with van der Waals surface area (Å²) in [5.74, 6) is 0. The topological polar surface area (TPSA) is 47.7 Å². The van der Waals surface area contributed by atoms with E-state index in [1.54, 1.807) is 0 Å². The van der Waals surface area contributed by atoms with Gasteiger partial charge in [0.2, 0.25) is 0 Å². The highest BCUT2D eigenvalue weighted by Gasteiger charge is 2.06. The first-order valence-electron chi connectivity index (χ1n) is 6.33. The maximum atomic E-state index is 4.44. The molecule has 2 heterocycles. The molecular formula is C13H22ClN5. The molecule has 5 nitrogen and oxygen atoms in total. The van der Waals surface area contributed by atoms with Crippen LogP contribution >= 0.6 is 12.4 Å². The molecule has 0 unspecified atom stereocenters. The predicted molar refractivity (Wildman–Crippen MR) is 78.4 cm³/mol. The van der Waals surface area contributed by atoms with Crippen LogP contribution in [0.4, 0.5) is 0 Å². The Bertz CT molecular complexity index is 510. The van der Waals surface area contributed by atoms with Crippen molar-refractivity contribution in [2.45, 2.75) is 40.4 Å². The van der Waals surface area contributed by atoms with Gasteiger partial charge < -0.3 is 5.32 Å². The van der Waals surface area contributed by atoms with Crippen LogP contribution in [0.2, 0.25) is 0 Å². The fourth-order valence-electron chi connectivity index (χ4n) is 2.04. The first-order valence-corrected chi connectivity index (χ1v) is 6.33. The van der Waals surface area contributed by atoms with Crippen molar-refractivity contribution < 1.29 is 0 Å². The lowest BCUT2D eigenvalue weighted by Gasteiger charge is -2.05. The van der Waals surface area contributed by atoms with Crippen molar-refractivity contribution in [1.82, 2.24) is 24.9 Å². The van der Waals surface area contributed by atoms with Gasteiger partial charge in [0, 0.05) is 38.4 Å². The lowest BCUT2D eigenvalue weighted by atomic mass is 10.2. The van der Waals surface area contributed by atoms with Crippen LogP contribution in [-0.4, -0.2) is 19.6 Å². The zero-order chi connectivity index (χ0) is 13.1. The summed E-state index contributed by atoms with van der Waals surface area (Å²) in [5.41, 5.74) is 4.82. The minimum absolute atomic E-state index is 0. The molecule has 106 valence electrons. The average Bonchev–Trinajstić information content (AvgIpc) is 2.86. The Hall–Kier alpha value is -1.33. The molecule has 1 N–H and O–H groups in total. The van der Waals surface area contributed by atoms with E-state index in [-0.39, 0.29) is 12.4 Å². The summed E-state index contributed by atoms with van der Waals surface area (Å²) < 4.78 is 3.90. The predicted octanol–water partition coefficient (Wildman–Crippen LogP) is 1.96. The maximum absolute atomic E-state index is 4.44. The highest BCUT2D eigenvalue weighted by atomic mass is 35.5. The van der Waals surface area contributed by atoms with Gasteiger partial charge in [-0.25, -0.2) is 0 Å². The molecule has 2 aromatic rings. The van der Waals surface area contributed by atoms with Gasteiger partial charge in [-0.05, 0) is 26.3 Å². The molecule has 0 amide bonds. The van der Waals surface area contributed by atoms with Crippen molar-refractivity contribution >= 4 is 12.4 Å². The minimum atomic E-state index is 0. The number of nitrogens with one attached hydrogen (secondary N) is 1. The Balaban J connectivity index is 0.00000180. The minimum Gasteiger partial charge on any atom is -0.307 e. The second-order valence-electron chi connectivity index (χ2n) is 4.60. The fourth-order valence-corrected chi connectivity index (χ4v) is 2.04. The molecule has 0 aliphatic heterocycles. The standard InChI is InChI=1S/C13H21N5.ClH/c1-5-18-9-12(11(3)16-18)7-14-8-13-10(2)6-15-17(13)4;/h6,9,14H,5,7-8H2,1-4H3;1H. The lowest BCUT2D eigenvalue weighted by molar-refractivity contribution is 0.621. The van der Waals surface area contributed by atoms with E-state index in [1.165, 1.54) is 16.8 Å². The lowest BCUT2D eigenvalue weighted by Crippen LogP contribution is -2.16. The van der Waals surface area contributed by atoms with Crippen LogP contribution in [0.15, 0.2) is 12.4 Å². The number of hydrogen-bond donors (Lipinski definition) is 1. The molecule has 19 heavy (non-hydrogen) atoms. The summed E-state index contributed by atoms with van der Waals surface area (Å²) in [4.78, 5) is 0. The van der Waals surface area contributed by atoms with E-state index in [9.17, 15) is 0 Å². The molecular weight excluding hydrogens is 262 g/mol. The molecule has 0 fully saturated rings. The summed E-state index contributed by atoms with van der Waals surface area (Å²) in [7, 11) is 1.98. The van der Waals surface area contributed by atoms with Gasteiger partial charge >= 0.3 is 0 Å². The number of aryl methyl sites for hydroxylation is 4. The van der Waals surface area contributed by atoms with Gasteiger partial charge in [-0.15, -0.1) is 12.4 Å². The van der Waals surface area contributed by atoms with E-state index in [1.807, 2.05) is 22.6 Å². The van der Waals surface area contributed by atoms with E-state index < -0.39 is 0 Å². The van der Waals surface area contributed by atoms with Crippen LogP contribution < -0.4 is 5.32 Å². The van der Waals surface area contributed by atoms with Crippen molar-refractivity contribution in [2.24, 2.45) is 7.05 Å². The number of aromatic nitrogens is 4. The number of nitrogens with zero attached hydrogens (tertiary/aromatic N) is 4. The Morgan fingerprint density at radius 2 is 2.00 bits per heavy atom. The monoisotopic (exact) mass is 283 g/mol. The molecule has 0 radical (unpaired) electrons. The number of hydrogen-bond acceptors (Lipinski definition) is 3. The molecule has 6 heteroatoms. The zero-order valence-corrected chi connectivity index (χ0v) is 12.8. The van der Waals surface area contributed by atoms with Crippen molar-refractivity contribution in [2.75, 3.05) is 0 Å². The quantitative estimate of drug-likeness (QED) is 0.913. The van der Waals surface area contributed by atoms with Gasteiger partial charge in [-0.2, -0.15) is 10.2 Å². The van der Waals surface area contributed by atoms with Crippen LogP contribution in [0, 0.1) is 13.8 Å². The third-order valence-electron chi connectivity index (χ3n) is 3.25. The Morgan fingerprint density at radius 3 is 2.53 bits per heavy atom. The highest BCUT2D eigenvalue weighted by Crippen LogP contribution is 2.08. The summed E-state index contributed by atoms with van der Waals surface area (Å²) in [6, 6.07) is 0. The largest absolute Gasteiger partial charge is 0.307 e. The second-order valence-corrected chi connectivity index (χ2v) is 4.60. The fraction of sp³-hybridized carbons (Fsp3) is 0.538. The van der Waals surface area contributed by atoms with Gasteiger partial charge in [0.15, 0.2) is 0 Å². The number of halogens is 1. The zero-order valence-electron chi connectivity index (χ0n) is 12.0. The van der Waals surface area contributed by atoms with Gasteiger partial charge in [0.05, 0.1) is 17.6 Å². The van der Waals surface area contributed by atoms with Crippen LogP contribution in [-0.2, 0) is 26.7 Å². The van der Waals surface area contributed by atoms with Gasteiger partial charge in [-0.3, -0.25) is 9.36 Å². The molecule has 0 atom stereocenters. The van der Waals surface area contributed by atoms with E-state index in [0.717, 1.165) is 25.3 Å². The van der Waals surface area contributed by atoms with Crippen LogP contribution in [0.5, 0.6) is 0 Å². The molecule has 0 bridgehead atoms. The molecule has 0 saturated heterocycles. The first-order chi connectivity index (χ1) is 8.61. The van der Waals surface area contributed by atoms with E-state index in [4.69, 9.17) is 0 Å². The van der Waals surface area contributed by atoms with Gasteiger partial charge in [0.1, 0.15) is 0 Å². The summed E-state index contributed by atoms with van der Waals surface area (Å²) in [6.45, 7) is 8.84. The maximum Gasteiger partial charge on any atom is 0.0638 e. The SMILES string of the molecule is CCn1cc(CNCc2c(C)cnn2C)c(C)n1.Cl. The van der Waals surface area contributed by atoms with Crippen molar-refractivity contribution in [3.8, 4) is 0 Å². The molecule has 0 aromatic carbocycles. The highest BCUT2D eigenvalue weighted by molar-refractivity contribution is 5.85. The van der Waals surface area contributed by atoms with E-state index >= 15 is 0 Å². The normalized spacial score (nSPS) is 10.5. The second kappa shape index (κ2) is 6.73. The summed E-state index contributed by atoms with van der Waals surface area (Å²) in [5, 5.41) is 12.1. The smallest absolute Gasteiger partial charge is 0.0638 e. The molecule has 0 aliphatic rings. The van der Waals surface area contributed by atoms with Crippen LogP contribution in [0.3, 0.4) is 0 Å². The Morgan fingerprint density at radius 1 is 1.26 bits per heavy atom. The van der Waals surface area contributed by atoms with Crippen molar-refractivity contribution in [3.63, 3.8) is 0 Å². The van der Waals surface area contributed by atoms with Gasteiger partial charge in [0.25, 0.3) is 0 Å². The van der Waals surface area contributed by atoms with Crippen molar-refractivity contribution in [1.29, 1.82) is 0 Å². The van der Waals surface area contributed by atoms with Crippen molar-refractivity contribution in [3.05, 3.63) is 34.9 Å². The molecule has 2 rings (SSSR count). The number of rotatable bonds is 5. The summed E-state index contributed by atoms with van der Waals surface area (Å²) in [6.07, 6.45) is 4.01. The molecule has 0 saturated carbocycles. The Kier molecular flexibility index (Phi) is 5.57. The molecule has 0 spiro atoms. The third-order valence-corrected chi connectivity index (χ3v) is 3.25.